The molecule has 1 aromatic heterocycles. The summed E-state index contributed by atoms with van der Waals surface area (Å²) in [6, 6.07) is 2.02. The van der Waals surface area contributed by atoms with Crippen LogP contribution in [0.15, 0.2) is 12.3 Å². The van der Waals surface area contributed by atoms with Gasteiger partial charge in [0.05, 0.1) is 0 Å². The van der Waals surface area contributed by atoms with Crippen LogP contribution in [0.25, 0.3) is 0 Å². The highest BCUT2D eigenvalue weighted by Gasteiger charge is 2.28. The van der Waals surface area contributed by atoms with Gasteiger partial charge in [0.2, 0.25) is 0 Å². The minimum Gasteiger partial charge on any atom is -0.351 e. The zero-order valence-corrected chi connectivity index (χ0v) is 11.4. The van der Waals surface area contributed by atoms with E-state index in [2.05, 4.69) is 29.0 Å². The number of halogens is 1. The van der Waals surface area contributed by atoms with Crippen LogP contribution in [0.1, 0.15) is 32.3 Å². The van der Waals surface area contributed by atoms with Crippen LogP contribution in [0.2, 0.25) is 0 Å². The molecule has 4 heteroatoms. The maximum absolute atomic E-state index is 14.4. The second-order valence-corrected chi connectivity index (χ2v) is 5.33. The molecular weight excluding hydrogens is 229 g/mol. The van der Waals surface area contributed by atoms with Crippen molar-refractivity contribution in [2.75, 3.05) is 18.5 Å². The fraction of sp³-hybridized carbons (Fsp3) is 0.643. The summed E-state index contributed by atoms with van der Waals surface area (Å²) >= 11 is 0. The van der Waals surface area contributed by atoms with Gasteiger partial charge in [-0.05, 0) is 45.7 Å². The van der Waals surface area contributed by atoms with Crippen molar-refractivity contribution in [1.29, 1.82) is 0 Å². The van der Waals surface area contributed by atoms with E-state index >= 15 is 0 Å². The van der Waals surface area contributed by atoms with Crippen molar-refractivity contribution in [1.82, 2.24) is 10.3 Å². The summed E-state index contributed by atoms with van der Waals surface area (Å²) in [7, 11) is 1.82. The van der Waals surface area contributed by atoms with Gasteiger partial charge in [-0.3, -0.25) is 0 Å². The van der Waals surface area contributed by atoms with E-state index in [4.69, 9.17) is 0 Å². The lowest BCUT2D eigenvalue weighted by Gasteiger charge is -2.28. The first-order valence-electron chi connectivity index (χ1n) is 6.68. The molecule has 0 atom stereocenters. The summed E-state index contributed by atoms with van der Waals surface area (Å²) in [5.74, 6) is 1.05. The van der Waals surface area contributed by atoms with E-state index in [9.17, 15) is 4.39 Å². The molecule has 0 unspecified atom stereocenters. The van der Waals surface area contributed by atoms with Crippen LogP contribution >= 0.6 is 0 Å². The normalized spacial score (nSPS) is 15.2. The molecule has 100 valence electrons. The number of hydrogen-bond donors (Lipinski definition) is 1. The number of pyridine rings is 1. The van der Waals surface area contributed by atoms with Gasteiger partial charge < -0.3 is 10.2 Å². The smallest absolute Gasteiger partial charge is 0.170 e. The molecule has 1 fully saturated rings. The van der Waals surface area contributed by atoms with Gasteiger partial charge >= 0.3 is 0 Å². The number of hydrogen-bond acceptors (Lipinski definition) is 3. The van der Waals surface area contributed by atoms with Gasteiger partial charge in [0, 0.05) is 30.9 Å². The molecule has 0 aromatic carbocycles. The van der Waals surface area contributed by atoms with Gasteiger partial charge in [0.25, 0.3) is 0 Å². The molecule has 1 N–H and O–H groups in total. The Hall–Kier alpha value is -1.16. The molecule has 1 aliphatic carbocycles. The predicted octanol–water partition coefficient (Wildman–Crippen LogP) is 2.56. The summed E-state index contributed by atoms with van der Waals surface area (Å²) < 4.78 is 14.4. The fourth-order valence-corrected chi connectivity index (χ4v) is 2.12. The third kappa shape index (κ3) is 2.99. The lowest BCUT2D eigenvalue weighted by Crippen LogP contribution is -2.34. The number of anilines is 1. The average Bonchev–Trinajstić information content (AvgIpc) is 3.13. The van der Waals surface area contributed by atoms with E-state index in [1.54, 1.807) is 12.3 Å². The summed E-state index contributed by atoms with van der Waals surface area (Å²) in [6.45, 7) is 5.64. The van der Waals surface area contributed by atoms with Crippen LogP contribution in [0.3, 0.4) is 0 Å². The van der Waals surface area contributed by atoms with Crippen molar-refractivity contribution in [2.45, 2.75) is 39.3 Å². The zero-order valence-electron chi connectivity index (χ0n) is 11.4. The van der Waals surface area contributed by atoms with E-state index < -0.39 is 0 Å². The van der Waals surface area contributed by atoms with Crippen molar-refractivity contribution < 1.29 is 4.39 Å². The highest BCUT2D eigenvalue weighted by molar-refractivity contribution is 5.44. The van der Waals surface area contributed by atoms with Crippen molar-refractivity contribution in [3.05, 3.63) is 23.6 Å². The van der Waals surface area contributed by atoms with Crippen LogP contribution in [0.4, 0.5) is 10.2 Å². The Labute approximate surface area is 108 Å². The molecule has 0 aliphatic heterocycles. The lowest BCUT2D eigenvalue weighted by atomic mass is 10.2. The molecule has 0 amide bonds. The molecule has 1 aromatic rings. The van der Waals surface area contributed by atoms with Gasteiger partial charge in [0.15, 0.2) is 11.6 Å². The number of aromatic nitrogens is 1. The Bertz CT molecular complexity index is 402. The van der Waals surface area contributed by atoms with Gasteiger partial charge in [0.1, 0.15) is 0 Å². The summed E-state index contributed by atoms with van der Waals surface area (Å²) in [4.78, 5) is 6.34. The molecule has 2 rings (SSSR count). The molecule has 3 nitrogen and oxygen atoms in total. The largest absolute Gasteiger partial charge is 0.351 e. The third-order valence-electron chi connectivity index (χ3n) is 3.37. The fourth-order valence-electron chi connectivity index (χ4n) is 2.12. The Balaban J connectivity index is 2.25. The van der Waals surface area contributed by atoms with Gasteiger partial charge in [-0.25, -0.2) is 9.37 Å². The molecule has 0 bridgehead atoms. The molecule has 0 saturated heterocycles. The van der Waals surface area contributed by atoms with Crippen molar-refractivity contribution >= 4 is 5.82 Å². The standard InChI is InChI=1S/C14H22FN3/c1-10(2)18(9-11-4-5-11)14-13(15)12(8-16-3)6-7-17-14/h6-7,10-11,16H,4-5,8-9H2,1-3H3. The van der Waals surface area contributed by atoms with E-state index in [-0.39, 0.29) is 11.9 Å². The topological polar surface area (TPSA) is 28.2 Å². The molecule has 18 heavy (non-hydrogen) atoms. The van der Waals surface area contributed by atoms with Crippen LogP contribution in [0, 0.1) is 11.7 Å². The molecule has 1 heterocycles. The predicted molar refractivity (Wildman–Crippen MR) is 72.2 cm³/mol. The molecule has 1 saturated carbocycles. The van der Waals surface area contributed by atoms with Crippen molar-refractivity contribution in [3.63, 3.8) is 0 Å². The second kappa shape index (κ2) is 5.65. The number of rotatable bonds is 6. The lowest BCUT2D eigenvalue weighted by molar-refractivity contribution is 0.562. The summed E-state index contributed by atoms with van der Waals surface area (Å²) in [6.07, 6.45) is 4.23. The Morgan fingerprint density at radius 3 is 2.78 bits per heavy atom. The number of nitrogens with zero attached hydrogens (tertiary/aromatic N) is 2. The number of nitrogens with one attached hydrogen (secondary N) is 1. The first kappa shape index (κ1) is 13.3. The Kier molecular flexibility index (Phi) is 4.17. The molecule has 0 radical (unpaired) electrons. The zero-order chi connectivity index (χ0) is 13.1. The Morgan fingerprint density at radius 2 is 2.22 bits per heavy atom. The molecule has 1 aliphatic rings. The minimum absolute atomic E-state index is 0.179. The maximum atomic E-state index is 14.4. The van der Waals surface area contributed by atoms with Crippen molar-refractivity contribution in [2.24, 2.45) is 5.92 Å². The molecular formula is C14H22FN3. The monoisotopic (exact) mass is 251 g/mol. The van der Waals surface area contributed by atoms with E-state index in [0.717, 1.165) is 12.5 Å². The van der Waals surface area contributed by atoms with Crippen LogP contribution in [-0.2, 0) is 6.54 Å². The maximum Gasteiger partial charge on any atom is 0.170 e. The average molecular weight is 251 g/mol. The highest BCUT2D eigenvalue weighted by atomic mass is 19.1. The van der Waals surface area contributed by atoms with Gasteiger partial charge in [-0.1, -0.05) is 0 Å². The van der Waals surface area contributed by atoms with E-state index in [0.29, 0.717) is 17.9 Å². The van der Waals surface area contributed by atoms with E-state index in [1.807, 2.05) is 7.05 Å². The third-order valence-corrected chi connectivity index (χ3v) is 3.37. The van der Waals surface area contributed by atoms with Crippen LogP contribution < -0.4 is 10.2 Å². The molecule has 0 spiro atoms. The first-order chi connectivity index (χ1) is 8.63. The Morgan fingerprint density at radius 1 is 1.50 bits per heavy atom. The van der Waals surface area contributed by atoms with Gasteiger partial charge in [-0.2, -0.15) is 0 Å². The van der Waals surface area contributed by atoms with E-state index in [1.165, 1.54) is 12.8 Å². The SMILES string of the molecule is CNCc1ccnc(N(CC2CC2)C(C)C)c1F. The minimum atomic E-state index is -0.179. The van der Waals surface area contributed by atoms with Crippen LogP contribution in [-0.4, -0.2) is 24.6 Å². The first-order valence-corrected chi connectivity index (χ1v) is 6.68. The highest BCUT2D eigenvalue weighted by Crippen LogP contribution is 2.32. The van der Waals surface area contributed by atoms with Crippen LogP contribution in [0.5, 0.6) is 0 Å². The summed E-state index contributed by atoms with van der Waals surface area (Å²) in [5.41, 5.74) is 0.684. The van der Waals surface area contributed by atoms with Crippen molar-refractivity contribution in [3.8, 4) is 0 Å². The quantitative estimate of drug-likeness (QED) is 0.842. The summed E-state index contributed by atoms with van der Waals surface area (Å²) in [5, 5.41) is 2.99. The van der Waals surface area contributed by atoms with Gasteiger partial charge in [-0.15, -0.1) is 0 Å². The second-order valence-electron chi connectivity index (χ2n) is 5.33.